The van der Waals surface area contributed by atoms with Crippen molar-refractivity contribution < 1.29 is 4.74 Å². The zero-order chi connectivity index (χ0) is 15.2. The number of pyridine rings is 1. The van der Waals surface area contributed by atoms with Crippen LogP contribution in [0.25, 0.3) is 0 Å². The second kappa shape index (κ2) is 7.64. The van der Waals surface area contributed by atoms with E-state index in [1.54, 1.807) is 6.20 Å². The summed E-state index contributed by atoms with van der Waals surface area (Å²) in [6.07, 6.45) is 2.61. The Morgan fingerprint density at radius 2 is 1.95 bits per heavy atom. The van der Waals surface area contributed by atoms with E-state index < -0.39 is 0 Å². The number of halogens is 2. The monoisotopic (exact) mass is 324 g/mol. The molecule has 0 amide bonds. The Balaban J connectivity index is 2.16. The number of benzene rings is 1. The Hall–Kier alpha value is -1.29. The summed E-state index contributed by atoms with van der Waals surface area (Å²) in [6, 6.07) is 7.41. The summed E-state index contributed by atoms with van der Waals surface area (Å²) in [6.45, 7) is 5.75. The van der Waals surface area contributed by atoms with Gasteiger partial charge in [0.25, 0.3) is 0 Å². The normalized spacial score (nSPS) is 10.7. The van der Waals surface area contributed by atoms with Gasteiger partial charge in [-0.1, -0.05) is 37.0 Å². The van der Waals surface area contributed by atoms with Gasteiger partial charge in [0.1, 0.15) is 10.8 Å². The quantitative estimate of drug-likeness (QED) is 0.824. The Morgan fingerprint density at radius 1 is 1.14 bits per heavy atom. The summed E-state index contributed by atoms with van der Waals surface area (Å²) in [5.41, 5.74) is 2.06. The Labute approximate surface area is 135 Å². The third kappa shape index (κ3) is 4.34. The van der Waals surface area contributed by atoms with Gasteiger partial charge in [0.15, 0.2) is 0 Å². The highest BCUT2D eigenvalue weighted by Gasteiger charge is 2.08. The molecule has 1 N–H and O–H groups in total. The maximum absolute atomic E-state index is 6.22. The summed E-state index contributed by atoms with van der Waals surface area (Å²) < 4.78 is 5.74. The van der Waals surface area contributed by atoms with Crippen LogP contribution in [0, 0.1) is 0 Å². The fourth-order valence-electron chi connectivity index (χ4n) is 1.90. The molecule has 0 aliphatic heterocycles. The minimum atomic E-state index is 0.404. The van der Waals surface area contributed by atoms with Crippen LogP contribution >= 0.6 is 23.2 Å². The van der Waals surface area contributed by atoms with Gasteiger partial charge in [-0.15, -0.1) is 0 Å². The second-order valence-electron chi connectivity index (χ2n) is 4.62. The van der Waals surface area contributed by atoms with Gasteiger partial charge in [-0.3, -0.25) is 0 Å². The van der Waals surface area contributed by atoms with Crippen molar-refractivity contribution in [3.63, 3.8) is 0 Å². The van der Waals surface area contributed by atoms with Gasteiger partial charge >= 0.3 is 0 Å². The van der Waals surface area contributed by atoms with Crippen molar-refractivity contribution in [2.45, 2.75) is 26.8 Å². The van der Waals surface area contributed by atoms with Crippen LogP contribution in [0.5, 0.6) is 11.6 Å². The first kappa shape index (κ1) is 16.1. The highest BCUT2D eigenvalue weighted by Crippen LogP contribution is 2.30. The van der Waals surface area contributed by atoms with E-state index in [1.807, 2.05) is 31.2 Å². The average Bonchev–Trinajstić information content (AvgIpc) is 2.49. The number of hydrogen-bond acceptors (Lipinski definition) is 3. The zero-order valence-electron chi connectivity index (χ0n) is 12.1. The molecule has 2 aromatic rings. The molecule has 1 aromatic heterocycles. The SMILES string of the molecule is CCNCc1cnc(Oc2ccc(Cl)c(CC)c2)c(Cl)c1. The van der Waals surface area contributed by atoms with E-state index in [4.69, 9.17) is 27.9 Å². The van der Waals surface area contributed by atoms with Crippen molar-refractivity contribution in [3.05, 3.63) is 51.6 Å². The first-order valence-electron chi connectivity index (χ1n) is 6.95. The number of rotatable bonds is 6. The molecule has 2 rings (SSSR count). The lowest BCUT2D eigenvalue weighted by Gasteiger charge is -2.10. The first-order chi connectivity index (χ1) is 10.1. The van der Waals surface area contributed by atoms with Gasteiger partial charge in [-0.05, 0) is 48.4 Å². The smallest absolute Gasteiger partial charge is 0.238 e. The van der Waals surface area contributed by atoms with Gasteiger partial charge in [0.05, 0.1) is 0 Å². The third-order valence-corrected chi connectivity index (χ3v) is 3.70. The number of aryl methyl sites for hydroxylation is 1. The van der Waals surface area contributed by atoms with Gasteiger partial charge in [0, 0.05) is 17.8 Å². The summed E-state index contributed by atoms with van der Waals surface area (Å²) in [7, 11) is 0. The molecule has 0 saturated heterocycles. The van der Waals surface area contributed by atoms with Crippen LogP contribution in [0.2, 0.25) is 10.0 Å². The highest BCUT2D eigenvalue weighted by atomic mass is 35.5. The summed E-state index contributed by atoms with van der Waals surface area (Å²) >= 11 is 12.3. The zero-order valence-corrected chi connectivity index (χ0v) is 13.6. The largest absolute Gasteiger partial charge is 0.438 e. The molecule has 5 heteroatoms. The lowest BCUT2D eigenvalue weighted by Crippen LogP contribution is -2.11. The van der Waals surface area contributed by atoms with Crippen LogP contribution in [-0.2, 0) is 13.0 Å². The van der Waals surface area contributed by atoms with Gasteiger partial charge in [-0.25, -0.2) is 4.98 Å². The van der Waals surface area contributed by atoms with Gasteiger partial charge in [-0.2, -0.15) is 0 Å². The van der Waals surface area contributed by atoms with Crippen LogP contribution in [0.4, 0.5) is 0 Å². The molecule has 0 aliphatic rings. The fourth-order valence-corrected chi connectivity index (χ4v) is 2.38. The molecule has 112 valence electrons. The minimum Gasteiger partial charge on any atom is -0.438 e. The molecule has 1 heterocycles. The Morgan fingerprint density at radius 3 is 2.62 bits per heavy atom. The average molecular weight is 325 g/mol. The standard InChI is InChI=1S/C16H18Cl2N2O/c1-3-12-8-13(5-6-14(12)17)21-16-15(18)7-11(10-20-16)9-19-4-2/h5-8,10,19H,3-4,9H2,1-2H3. The number of ether oxygens (including phenoxy) is 1. The van der Waals surface area contributed by atoms with Crippen molar-refractivity contribution in [3.8, 4) is 11.6 Å². The Kier molecular flexibility index (Phi) is 5.85. The van der Waals surface area contributed by atoms with Crippen molar-refractivity contribution in [2.75, 3.05) is 6.54 Å². The molecule has 0 atom stereocenters. The van der Waals surface area contributed by atoms with E-state index in [2.05, 4.69) is 17.2 Å². The van der Waals surface area contributed by atoms with E-state index in [9.17, 15) is 0 Å². The number of nitrogens with zero attached hydrogens (tertiary/aromatic N) is 1. The van der Waals surface area contributed by atoms with E-state index in [0.717, 1.165) is 35.7 Å². The summed E-state index contributed by atoms with van der Waals surface area (Å²) in [5.74, 6) is 1.09. The van der Waals surface area contributed by atoms with Crippen molar-refractivity contribution in [1.29, 1.82) is 0 Å². The van der Waals surface area contributed by atoms with E-state index in [-0.39, 0.29) is 0 Å². The molecule has 0 spiro atoms. The predicted molar refractivity (Wildman–Crippen MR) is 87.5 cm³/mol. The minimum absolute atomic E-state index is 0.404. The van der Waals surface area contributed by atoms with Crippen molar-refractivity contribution in [1.82, 2.24) is 10.3 Å². The molecule has 0 aliphatic carbocycles. The molecule has 0 fully saturated rings. The number of aromatic nitrogens is 1. The maximum Gasteiger partial charge on any atom is 0.238 e. The molecular weight excluding hydrogens is 307 g/mol. The molecule has 21 heavy (non-hydrogen) atoms. The maximum atomic E-state index is 6.22. The molecule has 1 aromatic carbocycles. The van der Waals surface area contributed by atoms with Gasteiger partial charge < -0.3 is 10.1 Å². The lowest BCUT2D eigenvalue weighted by molar-refractivity contribution is 0.462. The van der Waals surface area contributed by atoms with Crippen molar-refractivity contribution in [2.24, 2.45) is 0 Å². The lowest BCUT2D eigenvalue weighted by atomic mass is 10.1. The molecule has 0 bridgehead atoms. The molecule has 0 saturated carbocycles. The van der Waals surface area contributed by atoms with E-state index >= 15 is 0 Å². The van der Waals surface area contributed by atoms with Crippen LogP contribution in [-0.4, -0.2) is 11.5 Å². The molecule has 0 unspecified atom stereocenters. The number of hydrogen-bond donors (Lipinski definition) is 1. The predicted octanol–water partition coefficient (Wildman–Crippen LogP) is 4.85. The molecule has 0 radical (unpaired) electrons. The first-order valence-corrected chi connectivity index (χ1v) is 7.71. The van der Waals surface area contributed by atoms with Gasteiger partial charge in [0.2, 0.25) is 5.88 Å². The summed E-state index contributed by atoms with van der Waals surface area (Å²) in [4.78, 5) is 4.28. The van der Waals surface area contributed by atoms with Crippen LogP contribution in [0.15, 0.2) is 30.5 Å². The van der Waals surface area contributed by atoms with E-state index in [1.165, 1.54) is 0 Å². The van der Waals surface area contributed by atoms with E-state index in [0.29, 0.717) is 16.7 Å². The van der Waals surface area contributed by atoms with Crippen molar-refractivity contribution >= 4 is 23.2 Å². The fraction of sp³-hybridized carbons (Fsp3) is 0.312. The Bertz CT molecular complexity index is 617. The van der Waals surface area contributed by atoms with Crippen LogP contribution in [0.1, 0.15) is 25.0 Å². The van der Waals surface area contributed by atoms with Crippen LogP contribution in [0.3, 0.4) is 0 Å². The topological polar surface area (TPSA) is 34.2 Å². The third-order valence-electron chi connectivity index (χ3n) is 3.06. The highest BCUT2D eigenvalue weighted by molar-refractivity contribution is 6.32. The second-order valence-corrected chi connectivity index (χ2v) is 5.43. The summed E-state index contributed by atoms with van der Waals surface area (Å²) in [5, 5.41) is 4.47. The molecule has 3 nitrogen and oxygen atoms in total. The van der Waals surface area contributed by atoms with Crippen LogP contribution < -0.4 is 10.1 Å². The molecular formula is C16H18Cl2N2O. The number of nitrogens with one attached hydrogen (secondary N) is 1.